The zero-order valence-electron chi connectivity index (χ0n) is 17.8. The van der Waals surface area contributed by atoms with Gasteiger partial charge in [0.2, 0.25) is 5.95 Å². The minimum atomic E-state index is -0.559. The molecule has 2 unspecified atom stereocenters. The van der Waals surface area contributed by atoms with Crippen LogP contribution in [0.25, 0.3) is 11.3 Å². The lowest BCUT2D eigenvalue weighted by Gasteiger charge is -2.39. The van der Waals surface area contributed by atoms with Gasteiger partial charge < -0.3 is 26.4 Å². The van der Waals surface area contributed by atoms with E-state index < -0.39 is 17.5 Å². The number of carbonyl (C=O) groups excluding carboxylic acids is 1. The van der Waals surface area contributed by atoms with Crippen molar-refractivity contribution in [3.05, 3.63) is 30.1 Å². The molecule has 0 saturated carbocycles. The lowest BCUT2D eigenvalue weighted by molar-refractivity contribution is 0.0497. The van der Waals surface area contributed by atoms with Crippen molar-refractivity contribution in [3.63, 3.8) is 0 Å². The number of nitrogen functional groups attached to an aromatic ring is 2. The molecule has 0 spiro atoms. The monoisotopic (exact) mass is 416 g/mol. The molecule has 30 heavy (non-hydrogen) atoms. The Kier molecular flexibility index (Phi) is 6.00. The highest BCUT2D eigenvalue weighted by Crippen LogP contribution is 2.29. The fraction of sp³-hybridized carbons (Fsp3) is 0.476. The number of nitrogens with zero attached hydrogens (tertiary/aromatic N) is 3. The topological polar surface area (TPSA) is 119 Å². The molecule has 1 aromatic carbocycles. The second kappa shape index (κ2) is 8.33. The molecule has 0 aliphatic carbocycles. The van der Waals surface area contributed by atoms with E-state index in [-0.39, 0.29) is 23.7 Å². The van der Waals surface area contributed by atoms with Crippen LogP contribution in [-0.2, 0) is 4.74 Å². The molecule has 1 saturated heterocycles. The van der Waals surface area contributed by atoms with Gasteiger partial charge in [0.05, 0.1) is 11.4 Å². The van der Waals surface area contributed by atoms with Crippen molar-refractivity contribution in [3.8, 4) is 11.3 Å². The van der Waals surface area contributed by atoms with Crippen LogP contribution in [0.2, 0.25) is 0 Å². The number of anilines is 3. The highest BCUT2D eigenvalue weighted by Gasteiger charge is 2.29. The zero-order valence-corrected chi connectivity index (χ0v) is 17.8. The van der Waals surface area contributed by atoms with E-state index in [4.69, 9.17) is 16.2 Å². The molecule has 8 nitrogen and oxygen atoms in total. The molecule has 0 bridgehead atoms. The number of halogens is 1. The Labute approximate surface area is 175 Å². The molecule has 1 aromatic heterocycles. The van der Waals surface area contributed by atoms with Crippen molar-refractivity contribution in [2.45, 2.75) is 58.2 Å². The van der Waals surface area contributed by atoms with Crippen molar-refractivity contribution >= 4 is 23.5 Å². The average Bonchev–Trinajstić information content (AvgIpc) is 2.63. The number of ether oxygens (including phenoxy) is 1. The number of aromatic nitrogens is 2. The van der Waals surface area contributed by atoms with E-state index in [9.17, 15) is 9.18 Å². The summed E-state index contributed by atoms with van der Waals surface area (Å²) in [5.74, 6) is 0.200. The number of hydrogen-bond donors (Lipinski definition) is 3. The number of rotatable bonds is 3. The number of alkyl carbamates (subject to hydrolysis) is 1. The summed E-state index contributed by atoms with van der Waals surface area (Å²) in [7, 11) is 0. The van der Waals surface area contributed by atoms with Gasteiger partial charge in [-0.3, -0.25) is 0 Å². The maximum Gasteiger partial charge on any atom is 0.407 e. The molecule has 2 atom stereocenters. The number of piperidine rings is 1. The van der Waals surface area contributed by atoms with E-state index >= 15 is 0 Å². The van der Waals surface area contributed by atoms with Crippen LogP contribution >= 0.6 is 0 Å². The van der Waals surface area contributed by atoms with Crippen LogP contribution in [0.1, 0.15) is 40.5 Å². The van der Waals surface area contributed by atoms with E-state index in [2.05, 4.69) is 27.1 Å². The number of nitrogens with two attached hydrogens (primary N) is 2. The highest BCUT2D eigenvalue weighted by atomic mass is 19.1. The molecule has 9 heteroatoms. The van der Waals surface area contributed by atoms with Crippen LogP contribution in [0, 0.1) is 5.82 Å². The third kappa shape index (κ3) is 5.28. The number of carbonyl (C=O) groups is 1. The van der Waals surface area contributed by atoms with Crippen LogP contribution in [0.4, 0.5) is 26.6 Å². The molecule has 0 radical (unpaired) electrons. The fourth-order valence-electron chi connectivity index (χ4n) is 3.45. The molecule has 2 heterocycles. The van der Waals surface area contributed by atoms with E-state index in [1.165, 1.54) is 12.1 Å². The number of hydrogen-bond acceptors (Lipinski definition) is 7. The van der Waals surface area contributed by atoms with Crippen LogP contribution < -0.4 is 21.7 Å². The number of nitrogens with one attached hydrogen (secondary N) is 1. The van der Waals surface area contributed by atoms with Gasteiger partial charge in [0.15, 0.2) is 0 Å². The molecule has 1 fully saturated rings. The van der Waals surface area contributed by atoms with Gasteiger partial charge in [-0.1, -0.05) is 6.07 Å². The predicted octanol–water partition coefficient (Wildman–Crippen LogP) is 3.33. The Hall–Kier alpha value is -3.10. The van der Waals surface area contributed by atoms with Crippen molar-refractivity contribution < 1.29 is 13.9 Å². The molecule has 1 aliphatic rings. The second-order valence-electron chi connectivity index (χ2n) is 8.63. The molecule has 5 N–H and O–H groups in total. The van der Waals surface area contributed by atoms with Gasteiger partial charge in [0.25, 0.3) is 0 Å². The van der Waals surface area contributed by atoms with Gasteiger partial charge in [-0.2, -0.15) is 4.98 Å². The smallest absolute Gasteiger partial charge is 0.407 e. The van der Waals surface area contributed by atoms with Crippen molar-refractivity contribution in [2.75, 3.05) is 22.9 Å². The Morgan fingerprint density at radius 3 is 2.63 bits per heavy atom. The summed E-state index contributed by atoms with van der Waals surface area (Å²) in [4.78, 5) is 22.9. The van der Waals surface area contributed by atoms with E-state index in [1.54, 1.807) is 12.1 Å². The maximum atomic E-state index is 13.9. The Morgan fingerprint density at radius 1 is 1.23 bits per heavy atom. The molecular weight excluding hydrogens is 387 g/mol. The minimum absolute atomic E-state index is 0.0710. The van der Waals surface area contributed by atoms with Crippen molar-refractivity contribution in [1.82, 2.24) is 15.3 Å². The van der Waals surface area contributed by atoms with E-state index in [0.717, 1.165) is 12.8 Å². The maximum absolute atomic E-state index is 13.9. The fourth-order valence-corrected chi connectivity index (χ4v) is 3.45. The van der Waals surface area contributed by atoms with Crippen LogP contribution in [-0.4, -0.2) is 40.3 Å². The summed E-state index contributed by atoms with van der Waals surface area (Å²) in [6.07, 6.45) is 1.24. The summed E-state index contributed by atoms with van der Waals surface area (Å²) in [6, 6.07) is 6.38. The average molecular weight is 417 g/mol. The molecule has 162 valence electrons. The summed E-state index contributed by atoms with van der Waals surface area (Å²) < 4.78 is 19.3. The zero-order chi connectivity index (χ0) is 22.1. The third-order valence-corrected chi connectivity index (χ3v) is 4.92. The van der Waals surface area contributed by atoms with Crippen LogP contribution in [0.5, 0.6) is 0 Å². The summed E-state index contributed by atoms with van der Waals surface area (Å²) in [5, 5.41) is 2.93. The summed E-state index contributed by atoms with van der Waals surface area (Å²) in [6.45, 7) is 8.12. The molecule has 1 aliphatic heterocycles. The number of benzene rings is 1. The lowest BCUT2D eigenvalue weighted by Crippen LogP contribution is -2.52. The van der Waals surface area contributed by atoms with Crippen LogP contribution in [0.15, 0.2) is 24.3 Å². The minimum Gasteiger partial charge on any atom is -0.444 e. The molecular formula is C21H29FN6O2. The number of amides is 1. The Morgan fingerprint density at radius 2 is 1.97 bits per heavy atom. The first-order valence-corrected chi connectivity index (χ1v) is 9.98. The van der Waals surface area contributed by atoms with E-state index in [1.807, 2.05) is 20.8 Å². The van der Waals surface area contributed by atoms with Crippen molar-refractivity contribution in [1.29, 1.82) is 0 Å². The quantitative estimate of drug-likeness (QED) is 0.657. The molecule has 2 aromatic rings. The van der Waals surface area contributed by atoms with Crippen LogP contribution in [0.3, 0.4) is 0 Å². The van der Waals surface area contributed by atoms with E-state index in [0.29, 0.717) is 23.6 Å². The summed E-state index contributed by atoms with van der Waals surface area (Å²) in [5.41, 5.74) is 12.1. The Balaban J connectivity index is 1.82. The first-order valence-electron chi connectivity index (χ1n) is 9.98. The largest absolute Gasteiger partial charge is 0.444 e. The Bertz CT molecular complexity index is 930. The van der Waals surface area contributed by atoms with Gasteiger partial charge in [0.1, 0.15) is 17.2 Å². The summed E-state index contributed by atoms with van der Waals surface area (Å²) >= 11 is 0. The van der Waals surface area contributed by atoms with Gasteiger partial charge in [-0.15, -0.1) is 0 Å². The van der Waals surface area contributed by atoms with Gasteiger partial charge in [-0.05, 0) is 52.7 Å². The van der Waals surface area contributed by atoms with Crippen molar-refractivity contribution in [2.24, 2.45) is 0 Å². The molecule has 3 rings (SSSR count). The van der Waals surface area contributed by atoms with Gasteiger partial charge in [-0.25, -0.2) is 14.2 Å². The standard InChI is InChI=1S/C21H29FN6O2/c1-12-5-7-14(25-20(29)30-21(2,3)4)11-28(12)18-10-17(26-19(24)27-18)13-6-8-16(23)15(22)9-13/h6,8-10,12,14H,5,7,11,23H2,1-4H3,(H,25,29)(H2,24,26,27). The third-order valence-electron chi connectivity index (χ3n) is 4.92. The lowest BCUT2D eigenvalue weighted by atomic mass is 9.99. The highest BCUT2D eigenvalue weighted by molar-refractivity contribution is 5.69. The van der Waals surface area contributed by atoms with Gasteiger partial charge in [0, 0.05) is 30.3 Å². The first-order chi connectivity index (χ1) is 14.0. The van der Waals surface area contributed by atoms with Gasteiger partial charge >= 0.3 is 6.09 Å². The molecule has 1 amide bonds. The normalized spacial score (nSPS) is 19.4. The second-order valence-corrected chi connectivity index (χ2v) is 8.63. The predicted molar refractivity (Wildman–Crippen MR) is 115 cm³/mol. The SMILES string of the molecule is CC1CCC(NC(=O)OC(C)(C)C)CN1c1cc(-c2ccc(N)c(F)c2)nc(N)n1. The first kappa shape index (κ1) is 21.6.